The number of halogens is 1. The summed E-state index contributed by atoms with van der Waals surface area (Å²) in [5.41, 5.74) is 2.80. The van der Waals surface area contributed by atoms with Gasteiger partial charge >= 0.3 is 0 Å². The normalized spacial score (nSPS) is 10.4. The average molecular weight is 243 g/mol. The second kappa shape index (κ2) is 4.61. The van der Waals surface area contributed by atoms with Crippen LogP contribution in [-0.4, -0.2) is 19.1 Å². The monoisotopic (exact) mass is 243 g/mol. The van der Waals surface area contributed by atoms with Gasteiger partial charge in [0.05, 0.1) is 18.2 Å². The summed E-state index contributed by atoms with van der Waals surface area (Å²) < 4.78 is 13.8. The van der Waals surface area contributed by atoms with Gasteiger partial charge in [-0.2, -0.15) is 5.26 Å². The number of rotatable bonds is 2. The predicted molar refractivity (Wildman–Crippen MR) is 70.1 cm³/mol. The van der Waals surface area contributed by atoms with Crippen molar-refractivity contribution in [2.45, 2.75) is 13.3 Å². The van der Waals surface area contributed by atoms with Crippen LogP contribution in [0.4, 0.5) is 10.1 Å². The van der Waals surface area contributed by atoms with Gasteiger partial charge in [-0.15, -0.1) is 0 Å². The second-order valence-electron chi connectivity index (χ2n) is 4.39. The molecule has 3 nitrogen and oxygen atoms in total. The van der Waals surface area contributed by atoms with Crippen LogP contribution >= 0.6 is 0 Å². The van der Waals surface area contributed by atoms with E-state index in [9.17, 15) is 4.39 Å². The molecule has 1 aromatic heterocycles. The van der Waals surface area contributed by atoms with Crippen LogP contribution in [0, 0.1) is 24.1 Å². The van der Waals surface area contributed by atoms with Gasteiger partial charge in [-0.1, -0.05) is 12.1 Å². The minimum Gasteiger partial charge on any atom is -0.377 e. The predicted octanol–water partition coefficient (Wildman–Crippen LogP) is 2.81. The van der Waals surface area contributed by atoms with Crippen molar-refractivity contribution in [2.75, 3.05) is 19.0 Å². The minimum absolute atomic E-state index is 0.277. The molecule has 2 aromatic rings. The molecule has 2 rings (SSSR count). The number of hydrogen-bond donors (Lipinski definition) is 0. The lowest BCUT2D eigenvalue weighted by Crippen LogP contribution is -2.14. The van der Waals surface area contributed by atoms with Gasteiger partial charge in [-0.05, 0) is 13.0 Å². The number of aryl methyl sites for hydroxylation is 1. The lowest BCUT2D eigenvalue weighted by molar-refractivity contribution is 0.636. The molecule has 0 bridgehead atoms. The maximum atomic E-state index is 13.8. The van der Waals surface area contributed by atoms with Crippen LogP contribution in [0.15, 0.2) is 18.2 Å². The van der Waals surface area contributed by atoms with Crippen molar-refractivity contribution in [3.05, 3.63) is 35.3 Å². The van der Waals surface area contributed by atoms with E-state index in [0.717, 1.165) is 16.6 Å². The van der Waals surface area contributed by atoms with Crippen molar-refractivity contribution >= 4 is 16.6 Å². The average Bonchev–Trinajstić information content (AvgIpc) is 2.31. The van der Waals surface area contributed by atoms with Crippen molar-refractivity contribution in [3.8, 4) is 6.07 Å². The molecule has 92 valence electrons. The molecule has 0 aliphatic carbocycles. The molecule has 0 aliphatic heterocycles. The summed E-state index contributed by atoms with van der Waals surface area (Å²) >= 11 is 0. The molecule has 0 amide bonds. The van der Waals surface area contributed by atoms with Gasteiger partial charge in [0.15, 0.2) is 0 Å². The van der Waals surface area contributed by atoms with Crippen LogP contribution < -0.4 is 4.90 Å². The Morgan fingerprint density at radius 1 is 1.39 bits per heavy atom. The van der Waals surface area contributed by atoms with Gasteiger partial charge in [0, 0.05) is 30.7 Å². The van der Waals surface area contributed by atoms with E-state index in [1.807, 2.05) is 32.0 Å². The van der Waals surface area contributed by atoms with E-state index >= 15 is 0 Å². The smallest absolute Gasteiger partial charge is 0.149 e. The summed E-state index contributed by atoms with van der Waals surface area (Å²) in [4.78, 5) is 6.19. The summed E-state index contributed by atoms with van der Waals surface area (Å²) in [5, 5.41) is 9.65. The first-order valence-corrected chi connectivity index (χ1v) is 5.68. The van der Waals surface area contributed by atoms with Crippen molar-refractivity contribution < 1.29 is 4.39 Å². The minimum atomic E-state index is -0.331. The van der Waals surface area contributed by atoms with Crippen molar-refractivity contribution in [3.63, 3.8) is 0 Å². The molecule has 0 unspecified atom stereocenters. The number of para-hydroxylation sites is 1. The van der Waals surface area contributed by atoms with Crippen LogP contribution in [0.1, 0.15) is 11.3 Å². The molecule has 0 fully saturated rings. The summed E-state index contributed by atoms with van der Waals surface area (Å²) in [7, 11) is 3.78. The Labute approximate surface area is 105 Å². The molecule has 4 heteroatoms. The first-order chi connectivity index (χ1) is 8.56. The Hall–Kier alpha value is -2.15. The highest BCUT2D eigenvalue weighted by Crippen LogP contribution is 2.31. The Balaban J connectivity index is 2.90. The van der Waals surface area contributed by atoms with Crippen molar-refractivity contribution in [2.24, 2.45) is 0 Å². The van der Waals surface area contributed by atoms with Crippen LogP contribution in [0.5, 0.6) is 0 Å². The zero-order chi connectivity index (χ0) is 13.3. The zero-order valence-electron chi connectivity index (χ0n) is 10.7. The molecule has 0 aliphatic rings. The topological polar surface area (TPSA) is 39.9 Å². The van der Waals surface area contributed by atoms with Crippen LogP contribution in [-0.2, 0) is 6.42 Å². The molecular formula is C14H14FN3. The van der Waals surface area contributed by atoms with E-state index in [1.165, 1.54) is 6.07 Å². The van der Waals surface area contributed by atoms with Gasteiger partial charge in [0.1, 0.15) is 11.3 Å². The molecular weight excluding hydrogens is 229 g/mol. The number of hydrogen-bond acceptors (Lipinski definition) is 3. The molecule has 1 aromatic carbocycles. The first-order valence-electron chi connectivity index (χ1n) is 5.68. The fourth-order valence-electron chi connectivity index (χ4n) is 2.19. The summed E-state index contributed by atoms with van der Waals surface area (Å²) in [6.45, 7) is 1.81. The Morgan fingerprint density at radius 2 is 2.11 bits per heavy atom. The van der Waals surface area contributed by atoms with Crippen molar-refractivity contribution in [1.29, 1.82) is 5.26 Å². The molecule has 0 radical (unpaired) electrons. The molecule has 0 spiro atoms. The number of nitriles is 1. The molecule has 0 atom stereocenters. The van der Waals surface area contributed by atoms with Gasteiger partial charge in [0.2, 0.25) is 0 Å². The number of fused-ring (bicyclic) bond motifs is 1. The van der Waals surface area contributed by atoms with E-state index in [-0.39, 0.29) is 12.2 Å². The lowest BCUT2D eigenvalue weighted by Gasteiger charge is -2.20. The van der Waals surface area contributed by atoms with Gasteiger partial charge in [-0.25, -0.2) is 9.37 Å². The van der Waals surface area contributed by atoms with Gasteiger partial charge in [-0.3, -0.25) is 0 Å². The third kappa shape index (κ3) is 1.88. The number of benzene rings is 1. The quantitative estimate of drug-likeness (QED) is 0.814. The van der Waals surface area contributed by atoms with E-state index < -0.39 is 0 Å². The maximum absolute atomic E-state index is 13.8. The SMILES string of the molecule is Cc1nc2c(F)cccc2c(N(C)C)c1CC#N. The van der Waals surface area contributed by atoms with Crippen LogP contribution in [0.2, 0.25) is 0 Å². The third-order valence-corrected chi connectivity index (χ3v) is 2.95. The van der Waals surface area contributed by atoms with E-state index in [0.29, 0.717) is 11.2 Å². The Kier molecular flexibility index (Phi) is 3.15. The largest absolute Gasteiger partial charge is 0.377 e. The first kappa shape index (κ1) is 12.3. The molecule has 0 saturated carbocycles. The highest BCUT2D eigenvalue weighted by atomic mass is 19.1. The molecule has 1 heterocycles. The fraction of sp³-hybridized carbons (Fsp3) is 0.286. The molecule has 18 heavy (non-hydrogen) atoms. The van der Waals surface area contributed by atoms with Gasteiger partial charge < -0.3 is 4.90 Å². The Bertz CT molecular complexity index is 642. The standard InChI is InChI=1S/C14H14FN3/c1-9-10(7-8-16)14(18(2)3)11-5-4-6-12(15)13(11)17-9/h4-6H,7H2,1-3H3. The molecule has 0 N–H and O–H groups in total. The van der Waals surface area contributed by atoms with Crippen LogP contribution in [0.25, 0.3) is 10.9 Å². The van der Waals surface area contributed by atoms with Crippen molar-refractivity contribution in [1.82, 2.24) is 4.98 Å². The number of nitrogens with zero attached hydrogens (tertiary/aromatic N) is 3. The summed E-state index contributed by atoms with van der Waals surface area (Å²) in [5.74, 6) is -0.331. The number of pyridine rings is 1. The van der Waals surface area contributed by atoms with E-state index in [4.69, 9.17) is 5.26 Å². The third-order valence-electron chi connectivity index (χ3n) is 2.95. The highest BCUT2D eigenvalue weighted by molar-refractivity contribution is 5.94. The molecule has 0 saturated heterocycles. The number of aromatic nitrogens is 1. The Morgan fingerprint density at radius 3 is 2.72 bits per heavy atom. The summed E-state index contributed by atoms with van der Waals surface area (Å²) in [6, 6.07) is 7.04. The highest BCUT2D eigenvalue weighted by Gasteiger charge is 2.15. The van der Waals surface area contributed by atoms with E-state index in [1.54, 1.807) is 6.07 Å². The fourth-order valence-corrected chi connectivity index (χ4v) is 2.19. The lowest BCUT2D eigenvalue weighted by atomic mass is 10.0. The second-order valence-corrected chi connectivity index (χ2v) is 4.39. The maximum Gasteiger partial charge on any atom is 0.149 e. The number of anilines is 1. The van der Waals surface area contributed by atoms with Crippen LogP contribution in [0.3, 0.4) is 0 Å². The van der Waals surface area contributed by atoms with E-state index in [2.05, 4.69) is 11.1 Å². The van der Waals surface area contributed by atoms with Gasteiger partial charge in [0.25, 0.3) is 0 Å². The zero-order valence-corrected chi connectivity index (χ0v) is 10.7. The summed E-state index contributed by atoms with van der Waals surface area (Å²) in [6.07, 6.45) is 0.277.